The van der Waals surface area contributed by atoms with Crippen LogP contribution in [0, 0.1) is 6.92 Å². The third kappa shape index (κ3) is 2.53. The molecule has 1 heterocycles. The first-order chi connectivity index (χ1) is 8.10. The van der Waals surface area contributed by atoms with E-state index in [1.165, 1.54) is 0 Å². The molecule has 0 unspecified atom stereocenters. The second-order valence-corrected chi connectivity index (χ2v) is 4.13. The lowest BCUT2D eigenvalue weighted by molar-refractivity contribution is 0.409. The van der Waals surface area contributed by atoms with Crippen molar-refractivity contribution in [1.29, 1.82) is 0 Å². The summed E-state index contributed by atoms with van der Waals surface area (Å²) in [5.41, 5.74) is 7.22. The van der Waals surface area contributed by atoms with Crippen LogP contribution in [0.2, 0.25) is 5.02 Å². The number of nitrogens with zero attached hydrogens (tertiary/aromatic N) is 1. The highest BCUT2D eigenvalue weighted by Gasteiger charge is 2.11. The Hall–Kier alpha value is -1.68. The Bertz CT molecular complexity index is 537. The number of halogens is 1. The number of hydrogen-bond acceptors (Lipinski definition) is 4. The van der Waals surface area contributed by atoms with Gasteiger partial charge in [0.25, 0.3) is 6.01 Å². The van der Waals surface area contributed by atoms with Gasteiger partial charge in [0.2, 0.25) is 0 Å². The van der Waals surface area contributed by atoms with Crippen LogP contribution in [-0.2, 0) is 6.42 Å². The molecule has 1 aromatic carbocycles. The number of benzene rings is 1. The summed E-state index contributed by atoms with van der Waals surface area (Å²) in [4.78, 5) is 4.02. The fourth-order valence-electron chi connectivity index (χ4n) is 1.67. The van der Waals surface area contributed by atoms with Crippen molar-refractivity contribution in [3.05, 3.63) is 40.2 Å². The highest BCUT2D eigenvalue weighted by molar-refractivity contribution is 6.30. The average Bonchev–Trinajstić information content (AvgIpc) is 2.58. The normalized spacial score (nSPS) is 10.5. The SMILES string of the molecule is COc1ccc(Cl)cc1Cc1oc(N)nc1C. The standard InChI is InChI=1S/C12H13ClN2O2/c1-7-11(17-12(14)15-7)6-8-5-9(13)3-4-10(8)16-2/h3-5H,6H2,1-2H3,(H2,14,15). The quantitative estimate of drug-likeness (QED) is 0.913. The summed E-state index contributed by atoms with van der Waals surface area (Å²) in [5.74, 6) is 1.49. The van der Waals surface area contributed by atoms with Crippen molar-refractivity contribution >= 4 is 17.6 Å². The molecule has 90 valence electrons. The summed E-state index contributed by atoms with van der Waals surface area (Å²) in [6.45, 7) is 1.85. The minimum atomic E-state index is 0.179. The largest absolute Gasteiger partial charge is 0.496 e. The van der Waals surface area contributed by atoms with Crippen molar-refractivity contribution in [3.63, 3.8) is 0 Å². The van der Waals surface area contributed by atoms with Gasteiger partial charge in [-0.1, -0.05) is 11.6 Å². The molecule has 0 saturated carbocycles. The van der Waals surface area contributed by atoms with E-state index in [4.69, 9.17) is 26.5 Å². The van der Waals surface area contributed by atoms with E-state index in [9.17, 15) is 0 Å². The summed E-state index contributed by atoms with van der Waals surface area (Å²) >= 11 is 5.96. The summed E-state index contributed by atoms with van der Waals surface area (Å²) < 4.78 is 10.6. The lowest BCUT2D eigenvalue weighted by Crippen LogP contribution is -1.94. The Kier molecular flexibility index (Phi) is 3.24. The van der Waals surface area contributed by atoms with Crippen LogP contribution >= 0.6 is 11.6 Å². The first-order valence-corrected chi connectivity index (χ1v) is 5.52. The van der Waals surface area contributed by atoms with Crippen LogP contribution in [0.1, 0.15) is 17.0 Å². The van der Waals surface area contributed by atoms with Gasteiger partial charge in [0, 0.05) is 17.0 Å². The van der Waals surface area contributed by atoms with Gasteiger partial charge in [-0.3, -0.25) is 0 Å². The van der Waals surface area contributed by atoms with Crippen molar-refractivity contribution in [1.82, 2.24) is 4.98 Å². The van der Waals surface area contributed by atoms with Crippen molar-refractivity contribution < 1.29 is 9.15 Å². The van der Waals surface area contributed by atoms with Crippen molar-refractivity contribution in [3.8, 4) is 5.75 Å². The predicted octanol–water partition coefficient (Wildman–Crippen LogP) is 2.82. The van der Waals surface area contributed by atoms with Gasteiger partial charge < -0.3 is 14.9 Å². The molecular formula is C12H13ClN2O2. The molecule has 0 saturated heterocycles. The number of ether oxygens (including phenoxy) is 1. The number of anilines is 1. The Morgan fingerprint density at radius 1 is 1.47 bits per heavy atom. The van der Waals surface area contributed by atoms with E-state index in [1.807, 2.05) is 19.1 Å². The van der Waals surface area contributed by atoms with Gasteiger partial charge in [-0.25, -0.2) is 0 Å². The minimum absolute atomic E-state index is 0.179. The van der Waals surface area contributed by atoms with Crippen LogP contribution in [-0.4, -0.2) is 12.1 Å². The molecule has 0 radical (unpaired) electrons. The maximum atomic E-state index is 5.96. The monoisotopic (exact) mass is 252 g/mol. The van der Waals surface area contributed by atoms with Gasteiger partial charge in [-0.2, -0.15) is 4.98 Å². The van der Waals surface area contributed by atoms with E-state index in [1.54, 1.807) is 13.2 Å². The number of methoxy groups -OCH3 is 1. The van der Waals surface area contributed by atoms with Crippen LogP contribution < -0.4 is 10.5 Å². The van der Waals surface area contributed by atoms with Crippen LogP contribution in [0.4, 0.5) is 6.01 Å². The summed E-state index contributed by atoms with van der Waals surface area (Å²) in [7, 11) is 1.62. The molecule has 17 heavy (non-hydrogen) atoms. The zero-order chi connectivity index (χ0) is 12.4. The molecule has 0 aliphatic heterocycles. The fraction of sp³-hybridized carbons (Fsp3) is 0.250. The number of nitrogen functional groups attached to an aromatic ring is 1. The van der Waals surface area contributed by atoms with Crippen molar-refractivity contribution in [2.75, 3.05) is 12.8 Å². The molecule has 0 aliphatic carbocycles. The second kappa shape index (κ2) is 4.67. The Morgan fingerprint density at radius 3 is 2.82 bits per heavy atom. The van der Waals surface area contributed by atoms with Crippen LogP contribution in [0.3, 0.4) is 0 Å². The minimum Gasteiger partial charge on any atom is -0.496 e. The molecule has 4 nitrogen and oxygen atoms in total. The first kappa shape index (κ1) is 11.8. The van der Waals surface area contributed by atoms with E-state index in [2.05, 4.69) is 4.98 Å². The lowest BCUT2D eigenvalue weighted by atomic mass is 10.1. The maximum absolute atomic E-state index is 5.96. The lowest BCUT2D eigenvalue weighted by Gasteiger charge is -2.07. The van der Waals surface area contributed by atoms with Crippen LogP contribution in [0.5, 0.6) is 5.75 Å². The summed E-state index contributed by atoms with van der Waals surface area (Å²) in [5, 5.41) is 0.658. The van der Waals surface area contributed by atoms with Crippen LogP contribution in [0.15, 0.2) is 22.6 Å². The smallest absolute Gasteiger partial charge is 0.292 e. The van der Waals surface area contributed by atoms with Gasteiger partial charge in [0.05, 0.1) is 12.8 Å². The zero-order valence-corrected chi connectivity index (χ0v) is 10.4. The third-order valence-corrected chi connectivity index (χ3v) is 2.74. The van der Waals surface area contributed by atoms with E-state index in [0.29, 0.717) is 11.4 Å². The van der Waals surface area contributed by atoms with Gasteiger partial charge in [0.15, 0.2) is 0 Å². The van der Waals surface area contributed by atoms with E-state index < -0.39 is 0 Å². The van der Waals surface area contributed by atoms with Crippen LogP contribution in [0.25, 0.3) is 0 Å². The topological polar surface area (TPSA) is 61.3 Å². The molecule has 0 spiro atoms. The van der Waals surface area contributed by atoms with Crippen molar-refractivity contribution in [2.45, 2.75) is 13.3 Å². The molecule has 2 rings (SSSR count). The number of hydrogen-bond donors (Lipinski definition) is 1. The maximum Gasteiger partial charge on any atom is 0.292 e. The fourth-order valence-corrected chi connectivity index (χ4v) is 1.87. The van der Waals surface area contributed by atoms with Crippen molar-refractivity contribution in [2.24, 2.45) is 0 Å². The summed E-state index contributed by atoms with van der Waals surface area (Å²) in [6.07, 6.45) is 0.555. The number of aryl methyl sites for hydroxylation is 1. The van der Waals surface area contributed by atoms with Gasteiger partial charge in [-0.15, -0.1) is 0 Å². The molecule has 0 bridgehead atoms. The molecule has 0 atom stereocenters. The number of oxazole rings is 1. The van der Waals surface area contributed by atoms with E-state index in [0.717, 1.165) is 22.8 Å². The molecular weight excluding hydrogens is 240 g/mol. The molecule has 0 aliphatic rings. The highest BCUT2D eigenvalue weighted by atomic mass is 35.5. The highest BCUT2D eigenvalue weighted by Crippen LogP contribution is 2.26. The molecule has 5 heteroatoms. The zero-order valence-electron chi connectivity index (χ0n) is 9.66. The summed E-state index contributed by atoms with van der Waals surface area (Å²) in [6, 6.07) is 5.63. The number of nitrogens with two attached hydrogens (primary N) is 1. The molecule has 2 aromatic rings. The molecule has 0 amide bonds. The molecule has 1 aromatic heterocycles. The van der Waals surface area contributed by atoms with E-state index in [-0.39, 0.29) is 6.01 Å². The Balaban J connectivity index is 2.35. The van der Waals surface area contributed by atoms with Gasteiger partial charge in [-0.05, 0) is 25.1 Å². The predicted molar refractivity (Wildman–Crippen MR) is 66.5 cm³/mol. The van der Waals surface area contributed by atoms with E-state index >= 15 is 0 Å². The third-order valence-electron chi connectivity index (χ3n) is 2.50. The van der Waals surface area contributed by atoms with Gasteiger partial charge in [0.1, 0.15) is 11.5 Å². The number of rotatable bonds is 3. The van der Waals surface area contributed by atoms with Gasteiger partial charge >= 0.3 is 0 Å². The first-order valence-electron chi connectivity index (χ1n) is 5.14. The number of aromatic nitrogens is 1. The second-order valence-electron chi connectivity index (χ2n) is 3.69. The average molecular weight is 253 g/mol. The molecule has 2 N–H and O–H groups in total. The Labute approximate surface area is 104 Å². The molecule has 0 fully saturated rings. The Morgan fingerprint density at radius 2 is 2.24 bits per heavy atom.